The minimum atomic E-state index is 0.0402. The summed E-state index contributed by atoms with van der Waals surface area (Å²) in [6.45, 7) is 6.64. The molecule has 0 aliphatic rings. The van der Waals surface area contributed by atoms with Crippen LogP contribution in [0.4, 0.5) is 0 Å². The van der Waals surface area contributed by atoms with Crippen molar-refractivity contribution in [1.82, 2.24) is 0 Å². The molecule has 0 amide bonds. The molecule has 0 fully saturated rings. The van der Waals surface area contributed by atoms with Crippen molar-refractivity contribution < 1.29 is 0 Å². The summed E-state index contributed by atoms with van der Waals surface area (Å²) in [5, 5.41) is 0. The molecular formula is C17H23NS. The van der Waals surface area contributed by atoms with Gasteiger partial charge in [-0.15, -0.1) is 11.3 Å². The lowest BCUT2D eigenvalue weighted by Crippen LogP contribution is -2.37. The third-order valence-electron chi connectivity index (χ3n) is 4.27. The molecule has 1 atom stereocenters. The van der Waals surface area contributed by atoms with Gasteiger partial charge in [-0.05, 0) is 37.5 Å². The quantitative estimate of drug-likeness (QED) is 0.831. The summed E-state index contributed by atoms with van der Waals surface area (Å²) in [6.07, 6.45) is 2.12. The molecule has 1 nitrogen and oxygen atoms in total. The van der Waals surface area contributed by atoms with Gasteiger partial charge < -0.3 is 5.73 Å². The average molecular weight is 273 g/mol. The molecule has 0 spiro atoms. The van der Waals surface area contributed by atoms with Crippen LogP contribution < -0.4 is 5.73 Å². The van der Waals surface area contributed by atoms with Gasteiger partial charge in [-0.1, -0.05) is 44.2 Å². The Bertz CT molecular complexity index is 511. The molecule has 0 aliphatic heterocycles. The molecule has 0 aliphatic carbocycles. The maximum absolute atomic E-state index is 6.65. The minimum Gasteiger partial charge on any atom is -0.323 e. The van der Waals surface area contributed by atoms with Gasteiger partial charge in [0, 0.05) is 21.2 Å². The summed E-state index contributed by atoms with van der Waals surface area (Å²) in [5.74, 6) is 0. The highest BCUT2D eigenvalue weighted by molar-refractivity contribution is 7.12. The molecule has 0 radical (unpaired) electrons. The Morgan fingerprint density at radius 2 is 1.68 bits per heavy atom. The fourth-order valence-electron chi connectivity index (χ4n) is 2.94. The van der Waals surface area contributed by atoms with Crippen LogP contribution in [0.2, 0.25) is 0 Å². The molecule has 1 aromatic heterocycles. The highest BCUT2D eigenvalue weighted by Gasteiger charge is 2.36. The van der Waals surface area contributed by atoms with Crippen molar-refractivity contribution >= 4 is 11.3 Å². The predicted molar refractivity (Wildman–Crippen MR) is 84.7 cm³/mol. The summed E-state index contributed by atoms with van der Waals surface area (Å²) in [7, 11) is 0. The topological polar surface area (TPSA) is 26.0 Å². The van der Waals surface area contributed by atoms with Crippen molar-refractivity contribution in [2.24, 2.45) is 5.73 Å². The van der Waals surface area contributed by atoms with Gasteiger partial charge in [-0.25, -0.2) is 0 Å². The van der Waals surface area contributed by atoms with E-state index < -0.39 is 0 Å². The van der Waals surface area contributed by atoms with E-state index in [2.05, 4.69) is 63.2 Å². The number of hydrogen-bond acceptors (Lipinski definition) is 2. The van der Waals surface area contributed by atoms with Crippen LogP contribution in [0.15, 0.2) is 42.5 Å². The van der Waals surface area contributed by atoms with Crippen LogP contribution >= 0.6 is 11.3 Å². The maximum Gasteiger partial charge on any atom is 0.0487 e. The molecule has 0 bridgehead atoms. The van der Waals surface area contributed by atoms with Crippen LogP contribution in [-0.2, 0) is 5.41 Å². The molecule has 102 valence electrons. The largest absolute Gasteiger partial charge is 0.323 e. The van der Waals surface area contributed by atoms with Gasteiger partial charge in [0.1, 0.15) is 0 Å². The van der Waals surface area contributed by atoms with E-state index in [4.69, 9.17) is 5.73 Å². The summed E-state index contributed by atoms with van der Waals surface area (Å²) < 4.78 is 0. The number of thiophene rings is 1. The van der Waals surface area contributed by atoms with Crippen molar-refractivity contribution in [1.29, 1.82) is 0 Å². The van der Waals surface area contributed by atoms with Crippen molar-refractivity contribution in [2.75, 3.05) is 0 Å². The third kappa shape index (κ3) is 2.60. The van der Waals surface area contributed by atoms with Crippen LogP contribution in [0.3, 0.4) is 0 Å². The molecule has 1 heterocycles. The van der Waals surface area contributed by atoms with Crippen molar-refractivity contribution in [2.45, 2.75) is 45.1 Å². The standard InChI is InChI=1S/C17H23NS/c1-4-17(5-2,14-9-7-6-8-10-14)16(18)15-12-11-13(3)19-15/h6-12,16H,4-5,18H2,1-3H3. The normalized spacial score (nSPS) is 13.5. The second-order valence-corrected chi connectivity index (χ2v) is 6.47. The zero-order valence-corrected chi connectivity index (χ0v) is 12.8. The lowest BCUT2D eigenvalue weighted by Gasteiger charge is -2.38. The molecule has 0 saturated heterocycles. The zero-order valence-electron chi connectivity index (χ0n) is 12.0. The van der Waals surface area contributed by atoms with Gasteiger partial charge in [0.05, 0.1) is 0 Å². The second kappa shape index (κ2) is 5.89. The minimum absolute atomic E-state index is 0.0402. The Morgan fingerprint density at radius 3 is 2.16 bits per heavy atom. The molecule has 2 aromatic rings. The van der Waals surface area contributed by atoms with Crippen LogP contribution in [0.25, 0.3) is 0 Å². The van der Waals surface area contributed by atoms with E-state index in [9.17, 15) is 0 Å². The van der Waals surface area contributed by atoms with Crippen molar-refractivity contribution in [3.05, 3.63) is 57.8 Å². The maximum atomic E-state index is 6.65. The Labute approximate surface area is 120 Å². The van der Waals surface area contributed by atoms with E-state index >= 15 is 0 Å². The number of aryl methyl sites for hydroxylation is 1. The smallest absolute Gasteiger partial charge is 0.0487 e. The molecule has 2 heteroatoms. The molecule has 1 unspecified atom stereocenters. The fraction of sp³-hybridized carbons (Fsp3) is 0.412. The number of hydrogen-bond donors (Lipinski definition) is 1. The van der Waals surface area contributed by atoms with E-state index in [0.29, 0.717) is 0 Å². The van der Waals surface area contributed by atoms with Crippen LogP contribution in [0.5, 0.6) is 0 Å². The van der Waals surface area contributed by atoms with E-state index in [1.807, 2.05) is 11.3 Å². The van der Waals surface area contributed by atoms with E-state index in [-0.39, 0.29) is 11.5 Å². The first-order chi connectivity index (χ1) is 9.14. The summed E-state index contributed by atoms with van der Waals surface area (Å²) in [6, 6.07) is 15.2. The first-order valence-corrected chi connectivity index (χ1v) is 7.83. The predicted octanol–water partition coefficient (Wildman–Crippen LogP) is 4.81. The lowest BCUT2D eigenvalue weighted by molar-refractivity contribution is 0.325. The van der Waals surface area contributed by atoms with Crippen molar-refractivity contribution in [3.8, 4) is 0 Å². The average Bonchev–Trinajstić information content (AvgIpc) is 2.88. The molecule has 1 aromatic carbocycles. The van der Waals surface area contributed by atoms with Gasteiger partial charge in [-0.2, -0.15) is 0 Å². The monoisotopic (exact) mass is 273 g/mol. The van der Waals surface area contributed by atoms with E-state index in [0.717, 1.165) is 12.8 Å². The Balaban J connectivity index is 2.45. The van der Waals surface area contributed by atoms with Crippen LogP contribution in [0, 0.1) is 6.92 Å². The Kier molecular flexibility index (Phi) is 4.43. The third-order valence-corrected chi connectivity index (χ3v) is 5.36. The summed E-state index contributed by atoms with van der Waals surface area (Å²) >= 11 is 1.82. The SMILES string of the molecule is CCC(CC)(c1ccccc1)C(N)c1ccc(C)s1. The molecular weight excluding hydrogens is 250 g/mol. The molecule has 0 saturated carbocycles. The first kappa shape index (κ1) is 14.3. The number of rotatable bonds is 5. The summed E-state index contributed by atoms with van der Waals surface area (Å²) in [5.41, 5.74) is 8.05. The van der Waals surface area contributed by atoms with Gasteiger partial charge >= 0.3 is 0 Å². The summed E-state index contributed by atoms with van der Waals surface area (Å²) in [4.78, 5) is 2.63. The van der Waals surface area contributed by atoms with Gasteiger partial charge in [0.15, 0.2) is 0 Å². The van der Waals surface area contributed by atoms with Gasteiger partial charge in [-0.3, -0.25) is 0 Å². The van der Waals surface area contributed by atoms with Crippen LogP contribution in [-0.4, -0.2) is 0 Å². The Morgan fingerprint density at radius 1 is 1.05 bits per heavy atom. The second-order valence-electron chi connectivity index (χ2n) is 5.16. The van der Waals surface area contributed by atoms with Crippen molar-refractivity contribution in [3.63, 3.8) is 0 Å². The van der Waals surface area contributed by atoms with E-state index in [1.165, 1.54) is 15.3 Å². The molecule has 2 rings (SSSR count). The zero-order chi connectivity index (χ0) is 13.9. The first-order valence-electron chi connectivity index (χ1n) is 7.01. The lowest BCUT2D eigenvalue weighted by atomic mass is 9.70. The highest BCUT2D eigenvalue weighted by atomic mass is 32.1. The molecule has 19 heavy (non-hydrogen) atoms. The number of benzene rings is 1. The fourth-order valence-corrected chi connectivity index (χ4v) is 3.94. The highest BCUT2D eigenvalue weighted by Crippen LogP contribution is 2.43. The number of nitrogens with two attached hydrogens (primary N) is 1. The van der Waals surface area contributed by atoms with Crippen LogP contribution in [0.1, 0.15) is 48.0 Å². The Hall–Kier alpha value is -1.12. The van der Waals surface area contributed by atoms with E-state index in [1.54, 1.807) is 0 Å². The van der Waals surface area contributed by atoms with Gasteiger partial charge in [0.25, 0.3) is 0 Å². The molecule has 2 N–H and O–H groups in total. The van der Waals surface area contributed by atoms with Gasteiger partial charge in [0.2, 0.25) is 0 Å².